The zero-order chi connectivity index (χ0) is 14.5. The van der Waals surface area contributed by atoms with Gasteiger partial charge in [-0.05, 0) is 12.1 Å². The van der Waals surface area contributed by atoms with E-state index in [4.69, 9.17) is 5.26 Å². The molecule has 1 aromatic rings. The summed E-state index contributed by atoms with van der Waals surface area (Å²) in [5, 5.41) is 32.9. The second-order valence-corrected chi connectivity index (χ2v) is 4.66. The van der Waals surface area contributed by atoms with Crippen LogP contribution in [0.5, 0.6) is 5.75 Å². The topological polar surface area (TPSA) is 102 Å². The molecule has 0 bridgehead atoms. The maximum absolute atomic E-state index is 11.1. The van der Waals surface area contributed by atoms with Gasteiger partial charge in [0.15, 0.2) is 0 Å². The summed E-state index contributed by atoms with van der Waals surface area (Å²) >= 11 is 0. The van der Waals surface area contributed by atoms with Gasteiger partial charge in [0.1, 0.15) is 5.75 Å². The molecular formula is C13H16N4O3. The summed E-state index contributed by atoms with van der Waals surface area (Å²) in [6, 6.07) is 5.69. The molecule has 1 aliphatic rings. The average molecular weight is 276 g/mol. The molecule has 1 saturated heterocycles. The Balaban J connectivity index is 2.39. The number of piperazine rings is 1. The minimum absolute atomic E-state index is 0.0244. The lowest BCUT2D eigenvalue weighted by molar-refractivity contribution is -0.386. The molecule has 1 heterocycles. The van der Waals surface area contributed by atoms with Crippen LogP contribution in [-0.4, -0.2) is 41.1 Å². The first-order valence-electron chi connectivity index (χ1n) is 6.42. The molecule has 7 nitrogen and oxygen atoms in total. The van der Waals surface area contributed by atoms with Crippen LogP contribution in [0.25, 0.3) is 0 Å². The highest BCUT2D eigenvalue weighted by molar-refractivity contribution is 5.47. The van der Waals surface area contributed by atoms with Gasteiger partial charge < -0.3 is 10.4 Å². The number of nitrogens with zero attached hydrogens (tertiary/aromatic N) is 3. The second-order valence-electron chi connectivity index (χ2n) is 4.66. The molecular weight excluding hydrogens is 260 g/mol. The van der Waals surface area contributed by atoms with Crippen LogP contribution in [-0.2, 0) is 0 Å². The van der Waals surface area contributed by atoms with E-state index >= 15 is 0 Å². The Hall–Kier alpha value is -2.17. The SMILES string of the molecule is N#CC[C@H](c1cc(O)ccc1[N+](=O)[O-])N1CCNCC1. The van der Waals surface area contributed by atoms with E-state index in [-0.39, 0.29) is 23.9 Å². The summed E-state index contributed by atoms with van der Waals surface area (Å²) in [7, 11) is 0. The number of aromatic hydroxyl groups is 1. The van der Waals surface area contributed by atoms with E-state index in [1.807, 2.05) is 4.90 Å². The molecule has 20 heavy (non-hydrogen) atoms. The maximum Gasteiger partial charge on any atom is 0.274 e. The minimum Gasteiger partial charge on any atom is -0.508 e. The Morgan fingerprint density at radius 1 is 1.50 bits per heavy atom. The van der Waals surface area contributed by atoms with Crippen LogP contribution >= 0.6 is 0 Å². The first-order chi connectivity index (χ1) is 9.63. The van der Waals surface area contributed by atoms with E-state index in [9.17, 15) is 15.2 Å². The number of benzene rings is 1. The molecule has 0 unspecified atom stereocenters. The summed E-state index contributed by atoms with van der Waals surface area (Å²) in [5.41, 5.74) is 0.347. The van der Waals surface area contributed by atoms with Gasteiger partial charge in [0.2, 0.25) is 0 Å². The lowest BCUT2D eigenvalue weighted by Gasteiger charge is -2.33. The predicted octanol–water partition coefficient (Wildman–Crippen LogP) is 1.16. The third-order valence-corrected chi connectivity index (χ3v) is 3.44. The van der Waals surface area contributed by atoms with Crippen molar-refractivity contribution in [3.8, 4) is 11.8 Å². The third kappa shape index (κ3) is 3.04. The van der Waals surface area contributed by atoms with Gasteiger partial charge in [0.05, 0.1) is 29.0 Å². The third-order valence-electron chi connectivity index (χ3n) is 3.44. The number of rotatable bonds is 4. The van der Waals surface area contributed by atoms with Crippen molar-refractivity contribution in [3.05, 3.63) is 33.9 Å². The Morgan fingerprint density at radius 2 is 2.20 bits per heavy atom. The molecule has 1 aromatic carbocycles. The van der Waals surface area contributed by atoms with Crippen LogP contribution in [0.1, 0.15) is 18.0 Å². The fraction of sp³-hybridized carbons (Fsp3) is 0.462. The van der Waals surface area contributed by atoms with Gasteiger partial charge in [0, 0.05) is 32.2 Å². The highest BCUT2D eigenvalue weighted by Gasteiger charge is 2.28. The maximum atomic E-state index is 11.1. The number of nitriles is 1. The van der Waals surface area contributed by atoms with Crippen LogP contribution in [0.4, 0.5) is 5.69 Å². The molecule has 2 N–H and O–H groups in total. The van der Waals surface area contributed by atoms with Crippen molar-refractivity contribution >= 4 is 5.69 Å². The predicted molar refractivity (Wildman–Crippen MR) is 72.2 cm³/mol. The highest BCUT2D eigenvalue weighted by atomic mass is 16.6. The number of hydrogen-bond donors (Lipinski definition) is 2. The smallest absolute Gasteiger partial charge is 0.274 e. The summed E-state index contributed by atoms with van der Waals surface area (Å²) in [5.74, 6) is -0.0244. The summed E-state index contributed by atoms with van der Waals surface area (Å²) in [6.45, 7) is 3.02. The minimum atomic E-state index is -0.471. The zero-order valence-corrected chi connectivity index (χ0v) is 11.0. The van der Waals surface area contributed by atoms with Crippen molar-refractivity contribution in [2.45, 2.75) is 12.5 Å². The number of phenols is 1. The van der Waals surface area contributed by atoms with Gasteiger partial charge in [-0.25, -0.2) is 0 Å². The molecule has 0 aromatic heterocycles. The van der Waals surface area contributed by atoms with Gasteiger partial charge in [-0.2, -0.15) is 5.26 Å². The van der Waals surface area contributed by atoms with Crippen molar-refractivity contribution < 1.29 is 10.0 Å². The van der Waals surface area contributed by atoms with E-state index in [2.05, 4.69) is 11.4 Å². The van der Waals surface area contributed by atoms with E-state index < -0.39 is 4.92 Å². The molecule has 7 heteroatoms. The molecule has 106 valence electrons. The van der Waals surface area contributed by atoms with E-state index in [0.29, 0.717) is 5.56 Å². The Bertz CT molecular complexity index is 535. The Kier molecular flexibility index (Phi) is 4.50. The van der Waals surface area contributed by atoms with Crippen LogP contribution in [0.15, 0.2) is 18.2 Å². The number of phenolic OH excluding ortho intramolecular Hbond substituents is 1. The number of hydrogen-bond acceptors (Lipinski definition) is 6. The largest absolute Gasteiger partial charge is 0.508 e. The zero-order valence-electron chi connectivity index (χ0n) is 11.0. The monoisotopic (exact) mass is 276 g/mol. The van der Waals surface area contributed by atoms with Crippen molar-refractivity contribution in [3.63, 3.8) is 0 Å². The quantitative estimate of drug-likeness (QED) is 0.632. The van der Waals surface area contributed by atoms with Gasteiger partial charge in [-0.15, -0.1) is 0 Å². The van der Waals surface area contributed by atoms with Crippen molar-refractivity contribution in [2.75, 3.05) is 26.2 Å². The summed E-state index contributed by atoms with van der Waals surface area (Å²) in [4.78, 5) is 12.7. The molecule has 0 spiro atoms. The van der Waals surface area contributed by atoms with Crippen LogP contribution in [0.2, 0.25) is 0 Å². The van der Waals surface area contributed by atoms with Crippen LogP contribution in [0.3, 0.4) is 0 Å². The number of nitrogens with one attached hydrogen (secondary N) is 1. The molecule has 1 atom stereocenters. The number of nitro benzene ring substituents is 1. The van der Waals surface area contributed by atoms with Gasteiger partial charge >= 0.3 is 0 Å². The van der Waals surface area contributed by atoms with Gasteiger partial charge in [0.25, 0.3) is 5.69 Å². The number of nitro groups is 1. The molecule has 0 radical (unpaired) electrons. The molecule has 1 aliphatic heterocycles. The van der Waals surface area contributed by atoms with Crippen molar-refractivity contribution in [1.82, 2.24) is 10.2 Å². The fourth-order valence-electron chi connectivity index (χ4n) is 2.49. The lowest BCUT2D eigenvalue weighted by Crippen LogP contribution is -2.45. The van der Waals surface area contributed by atoms with Crippen molar-refractivity contribution in [2.24, 2.45) is 0 Å². The van der Waals surface area contributed by atoms with Crippen LogP contribution < -0.4 is 5.32 Å². The van der Waals surface area contributed by atoms with Crippen molar-refractivity contribution in [1.29, 1.82) is 5.26 Å². The van der Waals surface area contributed by atoms with Gasteiger partial charge in [-0.3, -0.25) is 15.0 Å². The fourth-order valence-corrected chi connectivity index (χ4v) is 2.49. The first-order valence-corrected chi connectivity index (χ1v) is 6.42. The molecule has 1 fully saturated rings. The van der Waals surface area contributed by atoms with E-state index in [1.165, 1.54) is 18.2 Å². The van der Waals surface area contributed by atoms with E-state index in [1.54, 1.807) is 0 Å². The molecule has 0 amide bonds. The van der Waals surface area contributed by atoms with Crippen LogP contribution in [0, 0.1) is 21.4 Å². The first kappa shape index (κ1) is 14.2. The Morgan fingerprint density at radius 3 is 2.80 bits per heavy atom. The molecule has 0 aliphatic carbocycles. The van der Waals surface area contributed by atoms with E-state index in [0.717, 1.165) is 26.2 Å². The Labute approximate surface area is 116 Å². The standard InChI is InChI=1S/C13H16N4O3/c14-4-3-12(16-7-5-15-6-8-16)11-9-10(18)1-2-13(11)17(19)20/h1-2,9,12,15,18H,3,5-8H2/t12-/m1/s1. The molecule has 2 rings (SSSR count). The van der Waals surface area contributed by atoms with Gasteiger partial charge in [-0.1, -0.05) is 0 Å². The second kappa shape index (κ2) is 6.32. The summed E-state index contributed by atoms with van der Waals surface area (Å²) in [6.07, 6.45) is 0.157. The normalized spacial score (nSPS) is 17.4. The summed E-state index contributed by atoms with van der Waals surface area (Å²) < 4.78 is 0. The lowest BCUT2D eigenvalue weighted by atomic mass is 9.99. The highest BCUT2D eigenvalue weighted by Crippen LogP contribution is 2.34. The average Bonchev–Trinajstić information content (AvgIpc) is 2.45. The molecule has 0 saturated carbocycles.